The van der Waals surface area contributed by atoms with Crippen LogP contribution >= 0.6 is 0 Å². The molecule has 1 fully saturated rings. The van der Waals surface area contributed by atoms with Gasteiger partial charge in [-0.15, -0.1) is 0 Å². The first-order valence-corrected chi connectivity index (χ1v) is 6.13. The number of aromatic nitrogens is 1. The van der Waals surface area contributed by atoms with Gasteiger partial charge in [0, 0.05) is 18.0 Å². The van der Waals surface area contributed by atoms with E-state index < -0.39 is 0 Å². The normalized spacial score (nSPS) is 18.9. The van der Waals surface area contributed by atoms with Crippen LogP contribution in [0.2, 0.25) is 0 Å². The van der Waals surface area contributed by atoms with Crippen LogP contribution in [-0.4, -0.2) is 16.6 Å². The van der Waals surface area contributed by atoms with Gasteiger partial charge in [-0.25, -0.2) is 0 Å². The Morgan fingerprint density at radius 2 is 2.24 bits per heavy atom. The number of nitrogens with two attached hydrogens (primary N) is 1. The van der Waals surface area contributed by atoms with E-state index in [0.29, 0.717) is 13.0 Å². The highest BCUT2D eigenvalue weighted by Crippen LogP contribution is 2.28. The second-order valence-electron chi connectivity index (χ2n) is 4.87. The van der Waals surface area contributed by atoms with Crippen LogP contribution in [0.5, 0.6) is 0 Å². The van der Waals surface area contributed by atoms with Gasteiger partial charge in [-0.05, 0) is 12.8 Å². The smallest absolute Gasteiger partial charge is 0.222 e. The molecule has 3 N–H and O–H groups in total. The summed E-state index contributed by atoms with van der Waals surface area (Å²) in [5.41, 5.74) is 6.64. The lowest BCUT2D eigenvalue weighted by Gasteiger charge is -2.32. The highest BCUT2D eigenvalue weighted by molar-refractivity contribution is 5.77. The zero-order valence-electron chi connectivity index (χ0n) is 9.95. The Hall–Kier alpha value is -1.36. The van der Waals surface area contributed by atoms with Gasteiger partial charge in [-0.1, -0.05) is 24.4 Å². The standard InChI is InChI=1S/C12H19N3O2/c13-12(5-2-1-3-6-12)8-11(16)14-9-10-4-7-17-15-10/h4,7H,1-3,5-6,8-9,13H2,(H,14,16). The molecule has 0 radical (unpaired) electrons. The Morgan fingerprint density at radius 1 is 1.47 bits per heavy atom. The molecule has 0 bridgehead atoms. The third-order valence-corrected chi connectivity index (χ3v) is 3.32. The van der Waals surface area contributed by atoms with Gasteiger partial charge < -0.3 is 15.6 Å². The van der Waals surface area contributed by atoms with Crippen molar-refractivity contribution in [2.24, 2.45) is 5.73 Å². The van der Waals surface area contributed by atoms with E-state index in [1.165, 1.54) is 12.7 Å². The van der Waals surface area contributed by atoms with Crippen molar-refractivity contribution >= 4 is 5.91 Å². The molecule has 1 amide bonds. The summed E-state index contributed by atoms with van der Waals surface area (Å²) in [6.07, 6.45) is 7.30. The lowest BCUT2D eigenvalue weighted by Crippen LogP contribution is -2.45. The molecule has 1 saturated carbocycles. The predicted molar refractivity (Wildman–Crippen MR) is 63.0 cm³/mol. The minimum Gasteiger partial charge on any atom is -0.364 e. The second-order valence-corrected chi connectivity index (χ2v) is 4.87. The van der Waals surface area contributed by atoms with Crippen LogP contribution in [0.15, 0.2) is 16.9 Å². The molecule has 1 aromatic rings. The van der Waals surface area contributed by atoms with E-state index in [-0.39, 0.29) is 11.4 Å². The molecule has 5 nitrogen and oxygen atoms in total. The molecule has 0 aromatic carbocycles. The molecule has 0 unspecified atom stereocenters. The molecule has 0 atom stereocenters. The second kappa shape index (κ2) is 5.31. The first-order valence-electron chi connectivity index (χ1n) is 6.13. The Bertz CT molecular complexity index is 356. The zero-order chi connectivity index (χ0) is 12.1. The van der Waals surface area contributed by atoms with E-state index in [1.807, 2.05) is 0 Å². The summed E-state index contributed by atoms with van der Waals surface area (Å²) < 4.78 is 4.69. The quantitative estimate of drug-likeness (QED) is 0.828. The average Bonchev–Trinajstić information content (AvgIpc) is 2.79. The third-order valence-electron chi connectivity index (χ3n) is 3.32. The number of nitrogens with zero attached hydrogens (tertiary/aromatic N) is 1. The Labute approximate surface area is 101 Å². The SMILES string of the molecule is NC1(CC(=O)NCc2ccon2)CCCCC1. The lowest BCUT2D eigenvalue weighted by atomic mass is 9.80. The van der Waals surface area contributed by atoms with Crippen LogP contribution in [0, 0.1) is 0 Å². The first-order chi connectivity index (χ1) is 8.18. The van der Waals surface area contributed by atoms with Crippen LogP contribution in [0.25, 0.3) is 0 Å². The van der Waals surface area contributed by atoms with Crippen molar-refractivity contribution in [2.45, 2.75) is 50.6 Å². The summed E-state index contributed by atoms with van der Waals surface area (Å²) in [7, 11) is 0. The monoisotopic (exact) mass is 237 g/mol. The molecular formula is C12H19N3O2. The number of nitrogens with one attached hydrogen (secondary N) is 1. The van der Waals surface area contributed by atoms with Crippen LogP contribution in [0.4, 0.5) is 0 Å². The summed E-state index contributed by atoms with van der Waals surface area (Å²) in [5, 5.41) is 6.55. The maximum atomic E-state index is 11.8. The first kappa shape index (κ1) is 12.1. The summed E-state index contributed by atoms with van der Waals surface area (Å²) >= 11 is 0. The fraction of sp³-hybridized carbons (Fsp3) is 0.667. The molecule has 1 aromatic heterocycles. The van der Waals surface area contributed by atoms with Crippen molar-refractivity contribution in [3.05, 3.63) is 18.0 Å². The van der Waals surface area contributed by atoms with Gasteiger partial charge in [0.2, 0.25) is 5.91 Å². The Morgan fingerprint density at radius 3 is 2.88 bits per heavy atom. The van der Waals surface area contributed by atoms with Crippen LogP contribution in [0.3, 0.4) is 0 Å². The van der Waals surface area contributed by atoms with Gasteiger partial charge in [0.1, 0.15) is 12.0 Å². The summed E-state index contributed by atoms with van der Waals surface area (Å²) in [5.74, 6) is -0.00241. The van der Waals surface area contributed by atoms with E-state index in [9.17, 15) is 4.79 Å². The molecular weight excluding hydrogens is 218 g/mol. The fourth-order valence-corrected chi connectivity index (χ4v) is 2.33. The van der Waals surface area contributed by atoms with E-state index in [1.54, 1.807) is 6.07 Å². The largest absolute Gasteiger partial charge is 0.364 e. The van der Waals surface area contributed by atoms with E-state index >= 15 is 0 Å². The van der Waals surface area contributed by atoms with Gasteiger partial charge in [-0.2, -0.15) is 0 Å². The summed E-state index contributed by atoms with van der Waals surface area (Å²) in [4.78, 5) is 11.8. The van der Waals surface area contributed by atoms with E-state index in [4.69, 9.17) is 10.3 Å². The molecule has 1 aliphatic carbocycles. The van der Waals surface area contributed by atoms with Crippen molar-refractivity contribution < 1.29 is 9.32 Å². The Balaban J connectivity index is 1.76. The maximum Gasteiger partial charge on any atom is 0.222 e. The number of carbonyl (C=O) groups excluding carboxylic acids is 1. The molecule has 94 valence electrons. The third kappa shape index (κ3) is 3.56. The highest BCUT2D eigenvalue weighted by atomic mass is 16.5. The van der Waals surface area contributed by atoms with Gasteiger partial charge in [0.05, 0.1) is 6.54 Å². The van der Waals surface area contributed by atoms with Crippen molar-refractivity contribution in [2.75, 3.05) is 0 Å². The summed E-state index contributed by atoms with van der Waals surface area (Å²) in [6, 6.07) is 1.74. The minimum atomic E-state index is -0.299. The molecule has 0 aliphatic heterocycles. The molecule has 2 rings (SSSR count). The number of amides is 1. The van der Waals surface area contributed by atoms with Gasteiger partial charge in [0.25, 0.3) is 0 Å². The molecule has 0 spiro atoms. The molecule has 17 heavy (non-hydrogen) atoms. The van der Waals surface area contributed by atoms with E-state index in [0.717, 1.165) is 31.4 Å². The number of hydrogen-bond acceptors (Lipinski definition) is 4. The van der Waals surface area contributed by atoms with Gasteiger partial charge >= 0.3 is 0 Å². The lowest BCUT2D eigenvalue weighted by molar-refractivity contribution is -0.122. The Kier molecular flexibility index (Phi) is 3.78. The molecule has 5 heteroatoms. The number of rotatable bonds is 4. The number of carbonyl (C=O) groups is 1. The predicted octanol–water partition coefficient (Wildman–Crippen LogP) is 1.34. The van der Waals surface area contributed by atoms with Crippen LogP contribution in [-0.2, 0) is 11.3 Å². The molecule has 0 saturated heterocycles. The van der Waals surface area contributed by atoms with Crippen molar-refractivity contribution in [1.29, 1.82) is 0 Å². The highest BCUT2D eigenvalue weighted by Gasteiger charge is 2.29. The summed E-state index contributed by atoms with van der Waals surface area (Å²) in [6.45, 7) is 0.408. The van der Waals surface area contributed by atoms with Crippen molar-refractivity contribution in [3.8, 4) is 0 Å². The topological polar surface area (TPSA) is 81.2 Å². The van der Waals surface area contributed by atoms with Crippen LogP contribution in [0.1, 0.15) is 44.2 Å². The van der Waals surface area contributed by atoms with Crippen molar-refractivity contribution in [3.63, 3.8) is 0 Å². The van der Waals surface area contributed by atoms with Gasteiger partial charge in [0.15, 0.2) is 0 Å². The minimum absolute atomic E-state index is 0.00241. The zero-order valence-corrected chi connectivity index (χ0v) is 9.95. The molecule has 1 aliphatic rings. The van der Waals surface area contributed by atoms with Gasteiger partial charge in [-0.3, -0.25) is 4.79 Å². The molecule has 1 heterocycles. The van der Waals surface area contributed by atoms with Crippen LogP contribution < -0.4 is 11.1 Å². The number of hydrogen-bond donors (Lipinski definition) is 2. The van der Waals surface area contributed by atoms with Crippen molar-refractivity contribution in [1.82, 2.24) is 10.5 Å². The average molecular weight is 237 g/mol. The maximum absolute atomic E-state index is 11.8. The fourth-order valence-electron chi connectivity index (χ4n) is 2.33. The van der Waals surface area contributed by atoms with E-state index in [2.05, 4.69) is 10.5 Å².